The number of anilines is 2. The Hall–Kier alpha value is -3.47. The van der Waals surface area contributed by atoms with Crippen molar-refractivity contribution in [3.05, 3.63) is 29.6 Å². The van der Waals surface area contributed by atoms with Gasteiger partial charge in [0.2, 0.25) is 17.7 Å². The second kappa shape index (κ2) is 11.6. The van der Waals surface area contributed by atoms with Crippen molar-refractivity contribution in [1.29, 1.82) is 0 Å². The number of pyridine rings is 1. The molecule has 0 aliphatic carbocycles. The monoisotopic (exact) mass is 469 g/mol. The number of nitrogens with two attached hydrogens (primary N) is 1. The molecule has 0 saturated carbocycles. The van der Waals surface area contributed by atoms with Gasteiger partial charge in [-0.25, -0.2) is 9.97 Å². The molecule has 3 heterocycles. The fourth-order valence-electron chi connectivity index (χ4n) is 3.61. The molecule has 0 saturated heterocycles. The molecule has 0 bridgehead atoms. The summed E-state index contributed by atoms with van der Waals surface area (Å²) in [6.07, 6.45) is 5.97. The van der Waals surface area contributed by atoms with Gasteiger partial charge in [0.1, 0.15) is 11.0 Å². The van der Waals surface area contributed by atoms with Gasteiger partial charge in [-0.2, -0.15) is 10.1 Å². The van der Waals surface area contributed by atoms with Crippen LogP contribution in [-0.2, 0) is 17.9 Å². The molecule has 3 aromatic rings. The quantitative estimate of drug-likeness (QED) is 0.383. The Balaban J connectivity index is 1.85. The first-order chi connectivity index (χ1) is 16.3. The van der Waals surface area contributed by atoms with Crippen LogP contribution in [0.4, 0.5) is 11.8 Å². The minimum atomic E-state index is 0.0849. The number of ether oxygens (including phenoxy) is 1. The molecule has 0 aromatic carbocycles. The number of hydrogen-bond acceptors (Lipinski definition) is 9. The Kier molecular flexibility index (Phi) is 8.58. The number of methoxy groups -OCH3 is 1. The Labute approximate surface area is 200 Å². The van der Waals surface area contributed by atoms with E-state index in [-0.39, 0.29) is 11.9 Å². The Bertz CT molecular complexity index is 1110. The van der Waals surface area contributed by atoms with Gasteiger partial charge in [0.15, 0.2) is 5.82 Å². The van der Waals surface area contributed by atoms with E-state index in [1.165, 1.54) is 0 Å². The van der Waals surface area contributed by atoms with Crippen LogP contribution in [0.3, 0.4) is 0 Å². The fraction of sp³-hybridized carbons (Fsp3) is 0.522. The summed E-state index contributed by atoms with van der Waals surface area (Å²) in [4.78, 5) is 29.3. The molecule has 0 fully saturated rings. The van der Waals surface area contributed by atoms with Crippen molar-refractivity contribution in [1.82, 2.24) is 34.5 Å². The van der Waals surface area contributed by atoms with Crippen molar-refractivity contribution in [2.24, 2.45) is 0 Å². The van der Waals surface area contributed by atoms with Crippen molar-refractivity contribution in [2.75, 3.05) is 52.4 Å². The highest BCUT2D eigenvalue weighted by atomic mass is 16.5. The van der Waals surface area contributed by atoms with Gasteiger partial charge in [-0.15, -0.1) is 0 Å². The summed E-state index contributed by atoms with van der Waals surface area (Å²) < 4.78 is 7.32. The molecular formula is C23H35N9O2. The van der Waals surface area contributed by atoms with E-state index in [0.29, 0.717) is 43.3 Å². The summed E-state index contributed by atoms with van der Waals surface area (Å²) in [5, 5.41) is 7.88. The lowest BCUT2D eigenvalue weighted by molar-refractivity contribution is -0.130. The minimum Gasteiger partial charge on any atom is -0.481 e. The highest BCUT2D eigenvalue weighted by Crippen LogP contribution is 2.25. The van der Waals surface area contributed by atoms with Crippen LogP contribution < -0.4 is 15.8 Å². The summed E-state index contributed by atoms with van der Waals surface area (Å²) in [6, 6.07) is 2.00. The van der Waals surface area contributed by atoms with Crippen LogP contribution in [-0.4, -0.2) is 81.8 Å². The van der Waals surface area contributed by atoms with Crippen molar-refractivity contribution in [3.8, 4) is 5.88 Å². The third-order valence-corrected chi connectivity index (χ3v) is 5.44. The van der Waals surface area contributed by atoms with E-state index in [1.807, 2.05) is 29.7 Å². The summed E-state index contributed by atoms with van der Waals surface area (Å²) in [5.74, 6) is 1.45. The number of amides is 1. The molecule has 184 valence electrons. The number of nitrogen functional groups attached to an aromatic ring is 1. The molecule has 0 unspecified atom stereocenters. The zero-order valence-electron chi connectivity index (χ0n) is 20.7. The minimum absolute atomic E-state index is 0.0849. The lowest BCUT2D eigenvalue weighted by Crippen LogP contribution is -2.29. The number of rotatable bonds is 12. The topological polar surface area (TPSA) is 127 Å². The molecule has 0 radical (unpaired) electrons. The van der Waals surface area contributed by atoms with E-state index >= 15 is 0 Å². The molecule has 0 aliphatic heterocycles. The van der Waals surface area contributed by atoms with Gasteiger partial charge in [0, 0.05) is 44.9 Å². The molecule has 3 rings (SSSR count). The maximum atomic E-state index is 12.4. The van der Waals surface area contributed by atoms with E-state index in [9.17, 15) is 4.79 Å². The van der Waals surface area contributed by atoms with Crippen LogP contribution >= 0.6 is 0 Å². The summed E-state index contributed by atoms with van der Waals surface area (Å²) >= 11 is 0. The van der Waals surface area contributed by atoms with Gasteiger partial charge in [-0.05, 0) is 32.1 Å². The highest BCUT2D eigenvalue weighted by molar-refractivity contribution is 5.86. The van der Waals surface area contributed by atoms with Crippen LogP contribution in [0.2, 0.25) is 0 Å². The Morgan fingerprint density at radius 3 is 2.74 bits per heavy atom. The molecule has 0 atom stereocenters. The third kappa shape index (κ3) is 6.31. The van der Waals surface area contributed by atoms with Gasteiger partial charge < -0.3 is 25.6 Å². The smallest absolute Gasteiger partial charge is 0.223 e. The second-order valence-electron chi connectivity index (χ2n) is 8.56. The first kappa shape index (κ1) is 25.2. The van der Waals surface area contributed by atoms with Crippen LogP contribution in [0.25, 0.3) is 11.0 Å². The normalized spacial score (nSPS) is 11.2. The SMILES string of the molecule is CCCCNc1nc(N)nc2cnn(Cc3cc(CN(C)C(=O)CCN(C)C)cnc3OC)c12. The molecule has 0 aliphatic rings. The van der Waals surface area contributed by atoms with E-state index < -0.39 is 0 Å². The predicted molar refractivity (Wildman–Crippen MR) is 133 cm³/mol. The lowest BCUT2D eigenvalue weighted by Gasteiger charge is -2.19. The number of carbonyl (C=O) groups is 1. The average Bonchev–Trinajstić information content (AvgIpc) is 3.20. The molecule has 11 nitrogen and oxygen atoms in total. The Morgan fingerprint density at radius 2 is 2.03 bits per heavy atom. The number of aromatic nitrogens is 5. The molecule has 1 amide bonds. The van der Waals surface area contributed by atoms with Crippen LogP contribution in [0, 0.1) is 0 Å². The van der Waals surface area contributed by atoms with Crippen LogP contribution in [0.5, 0.6) is 5.88 Å². The number of unbranched alkanes of at least 4 members (excludes halogenated alkanes) is 1. The molecular weight excluding hydrogens is 434 g/mol. The number of carbonyl (C=O) groups excluding carboxylic acids is 1. The largest absolute Gasteiger partial charge is 0.481 e. The standard InChI is InChI=1S/C23H35N9O2/c1-6-7-9-25-21-20-18(28-23(24)29-21)13-27-32(20)15-17-11-16(12-26-22(17)34-5)14-31(4)19(33)8-10-30(2)3/h11-13H,6-10,14-15H2,1-5H3,(H3,24,25,28,29). The van der Waals surface area contributed by atoms with E-state index in [2.05, 4.69) is 32.3 Å². The summed E-state index contributed by atoms with van der Waals surface area (Å²) in [7, 11) is 7.30. The number of nitrogens with one attached hydrogen (secondary N) is 1. The van der Waals surface area contributed by atoms with E-state index in [4.69, 9.17) is 10.5 Å². The predicted octanol–water partition coefficient (Wildman–Crippen LogP) is 1.98. The van der Waals surface area contributed by atoms with E-state index in [0.717, 1.165) is 36.0 Å². The molecule has 3 N–H and O–H groups in total. The van der Waals surface area contributed by atoms with Gasteiger partial charge >= 0.3 is 0 Å². The third-order valence-electron chi connectivity index (χ3n) is 5.44. The number of nitrogens with zero attached hydrogens (tertiary/aromatic N) is 7. The summed E-state index contributed by atoms with van der Waals surface area (Å²) in [5.41, 5.74) is 9.10. The van der Waals surface area contributed by atoms with Gasteiger partial charge in [0.05, 0.1) is 19.9 Å². The van der Waals surface area contributed by atoms with Crippen LogP contribution in [0.1, 0.15) is 37.3 Å². The zero-order chi connectivity index (χ0) is 24.7. The average molecular weight is 470 g/mol. The van der Waals surface area contributed by atoms with Crippen molar-refractivity contribution in [2.45, 2.75) is 39.3 Å². The van der Waals surface area contributed by atoms with Gasteiger partial charge in [-0.1, -0.05) is 13.3 Å². The van der Waals surface area contributed by atoms with E-state index in [1.54, 1.807) is 31.5 Å². The molecule has 11 heteroatoms. The molecule has 0 spiro atoms. The van der Waals surface area contributed by atoms with Gasteiger partial charge in [0.25, 0.3) is 0 Å². The second-order valence-corrected chi connectivity index (χ2v) is 8.56. The van der Waals surface area contributed by atoms with Crippen molar-refractivity contribution >= 4 is 28.7 Å². The van der Waals surface area contributed by atoms with Crippen LogP contribution in [0.15, 0.2) is 18.5 Å². The maximum absolute atomic E-state index is 12.4. The zero-order valence-corrected chi connectivity index (χ0v) is 20.7. The Morgan fingerprint density at radius 1 is 1.24 bits per heavy atom. The maximum Gasteiger partial charge on any atom is 0.223 e. The number of fused-ring (bicyclic) bond motifs is 1. The first-order valence-corrected chi connectivity index (χ1v) is 11.5. The first-order valence-electron chi connectivity index (χ1n) is 11.5. The fourth-order valence-corrected chi connectivity index (χ4v) is 3.61. The lowest BCUT2D eigenvalue weighted by atomic mass is 10.1. The van der Waals surface area contributed by atoms with Crippen molar-refractivity contribution in [3.63, 3.8) is 0 Å². The van der Waals surface area contributed by atoms with Gasteiger partial charge in [-0.3, -0.25) is 9.48 Å². The molecule has 34 heavy (non-hydrogen) atoms. The molecule has 3 aromatic heterocycles. The summed E-state index contributed by atoms with van der Waals surface area (Å²) in [6.45, 7) is 4.49. The highest BCUT2D eigenvalue weighted by Gasteiger charge is 2.16. The number of hydrogen-bond donors (Lipinski definition) is 2. The van der Waals surface area contributed by atoms with Crippen molar-refractivity contribution < 1.29 is 9.53 Å².